The second-order valence-electron chi connectivity index (χ2n) is 3.84. The maximum absolute atomic E-state index is 8.77. The molecule has 0 bridgehead atoms. The van der Waals surface area contributed by atoms with Crippen LogP contribution in [-0.4, -0.2) is 28.0 Å². The molecular weight excluding hydrogens is 188 g/mol. The van der Waals surface area contributed by atoms with E-state index in [0.29, 0.717) is 0 Å². The van der Waals surface area contributed by atoms with E-state index < -0.39 is 0 Å². The Bertz CT molecular complexity index is 335. The Balaban J connectivity index is 1.85. The van der Waals surface area contributed by atoms with E-state index in [1.165, 1.54) is 0 Å². The van der Waals surface area contributed by atoms with E-state index in [1.807, 2.05) is 6.07 Å². The second-order valence-corrected chi connectivity index (χ2v) is 3.84. The van der Waals surface area contributed by atoms with Crippen LogP contribution in [-0.2, 0) is 6.54 Å². The lowest BCUT2D eigenvalue weighted by Crippen LogP contribution is -2.33. The highest BCUT2D eigenvalue weighted by Gasteiger charge is 2.18. The van der Waals surface area contributed by atoms with Gasteiger partial charge in [-0.15, -0.1) is 0 Å². The first kappa shape index (κ1) is 10.1. The maximum Gasteiger partial charge on any atom is 0.142 e. The van der Waals surface area contributed by atoms with Crippen LogP contribution in [0.25, 0.3) is 0 Å². The third-order valence-corrected chi connectivity index (χ3v) is 2.75. The van der Waals surface area contributed by atoms with Crippen LogP contribution >= 0.6 is 0 Å². The maximum atomic E-state index is 8.77. The van der Waals surface area contributed by atoms with E-state index in [9.17, 15) is 0 Å². The van der Waals surface area contributed by atoms with Crippen LogP contribution in [0.2, 0.25) is 0 Å². The smallest absolute Gasteiger partial charge is 0.142 e. The predicted molar refractivity (Wildman–Crippen MR) is 55.6 cm³/mol. The highest BCUT2D eigenvalue weighted by molar-refractivity contribution is 4.91. The molecule has 4 heteroatoms. The Labute approximate surface area is 89.6 Å². The van der Waals surface area contributed by atoms with Crippen molar-refractivity contribution in [3.05, 3.63) is 24.3 Å². The zero-order chi connectivity index (χ0) is 10.5. The van der Waals surface area contributed by atoms with Gasteiger partial charge in [0.1, 0.15) is 5.82 Å². The Kier molecular flexibility index (Phi) is 3.25. The minimum absolute atomic E-state index is 0.248. The van der Waals surface area contributed by atoms with Crippen molar-refractivity contribution < 1.29 is 0 Å². The number of hydrogen-bond donors (Lipinski definition) is 0. The first-order chi connectivity index (χ1) is 7.38. The molecule has 2 heterocycles. The molecule has 2 rings (SSSR count). The molecule has 1 aliphatic rings. The summed E-state index contributed by atoms with van der Waals surface area (Å²) in [7, 11) is 0. The minimum atomic E-state index is 0.248. The Morgan fingerprint density at radius 2 is 2.00 bits per heavy atom. The van der Waals surface area contributed by atoms with Gasteiger partial charge in [-0.2, -0.15) is 5.26 Å². The van der Waals surface area contributed by atoms with Crippen LogP contribution < -0.4 is 0 Å². The lowest BCUT2D eigenvalue weighted by Gasteiger charge is -2.28. The van der Waals surface area contributed by atoms with Crippen molar-refractivity contribution in [1.29, 1.82) is 5.26 Å². The van der Waals surface area contributed by atoms with Crippen molar-refractivity contribution in [2.75, 3.05) is 13.1 Å². The molecule has 0 aliphatic carbocycles. The fourth-order valence-corrected chi connectivity index (χ4v) is 1.83. The first-order valence-corrected chi connectivity index (χ1v) is 5.26. The average molecular weight is 202 g/mol. The summed E-state index contributed by atoms with van der Waals surface area (Å²) in [5, 5.41) is 8.77. The molecule has 0 atom stereocenters. The van der Waals surface area contributed by atoms with Crippen molar-refractivity contribution in [1.82, 2.24) is 14.9 Å². The number of likely N-dealkylation sites (tertiary alicyclic amines) is 1. The zero-order valence-electron chi connectivity index (χ0n) is 8.63. The number of aromatic nitrogens is 2. The normalized spacial score (nSPS) is 18.6. The highest BCUT2D eigenvalue weighted by Crippen LogP contribution is 2.16. The summed E-state index contributed by atoms with van der Waals surface area (Å²) in [5.41, 5.74) is 0. The van der Waals surface area contributed by atoms with Crippen molar-refractivity contribution in [3.63, 3.8) is 0 Å². The molecule has 0 aromatic carbocycles. The molecule has 1 saturated heterocycles. The lowest BCUT2D eigenvalue weighted by atomic mass is 9.99. The van der Waals surface area contributed by atoms with Gasteiger partial charge in [-0.3, -0.25) is 4.90 Å². The van der Waals surface area contributed by atoms with Gasteiger partial charge in [0.15, 0.2) is 0 Å². The number of hydrogen-bond acceptors (Lipinski definition) is 4. The van der Waals surface area contributed by atoms with Crippen molar-refractivity contribution in [2.24, 2.45) is 5.92 Å². The van der Waals surface area contributed by atoms with Crippen molar-refractivity contribution >= 4 is 0 Å². The first-order valence-electron chi connectivity index (χ1n) is 5.26. The molecule has 1 aromatic heterocycles. The van der Waals surface area contributed by atoms with Gasteiger partial charge in [0.05, 0.1) is 12.6 Å². The van der Waals surface area contributed by atoms with E-state index in [-0.39, 0.29) is 5.92 Å². The molecule has 4 nitrogen and oxygen atoms in total. The summed E-state index contributed by atoms with van der Waals surface area (Å²) >= 11 is 0. The van der Waals surface area contributed by atoms with Crippen LogP contribution in [0.4, 0.5) is 0 Å². The Morgan fingerprint density at radius 1 is 1.33 bits per heavy atom. The SMILES string of the molecule is N#CC1CCN(Cc2ncccn2)CC1. The van der Waals surface area contributed by atoms with E-state index in [2.05, 4.69) is 20.9 Å². The summed E-state index contributed by atoms with van der Waals surface area (Å²) in [5.74, 6) is 1.12. The van der Waals surface area contributed by atoms with Gasteiger partial charge in [-0.25, -0.2) is 9.97 Å². The molecule has 0 saturated carbocycles. The monoisotopic (exact) mass is 202 g/mol. The van der Waals surface area contributed by atoms with Gasteiger partial charge in [-0.1, -0.05) is 0 Å². The van der Waals surface area contributed by atoms with Crippen LogP contribution in [0.3, 0.4) is 0 Å². The summed E-state index contributed by atoms with van der Waals surface area (Å²) in [6.07, 6.45) is 5.49. The van der Waals surface area contributed by atoms with E-state index in [1.54, 1.807) is 12.4 Å². The van der Waals surface area contributed by atoms with Crippen LogP contribution in [0, 0.1) is 17.2 Å². The van der Waals surface area contributed by atoms with Gasteiger partial charge in [0.25, 0.3) is 0 Å². The zero-order valence-corrected chi connectivity index (χ0v) is 8.63. The van der Waals surface area contributed by atoms with Crippen LogP contribution in [0.5, 0.6) is 0 Å². The molecular formula is C11H14N4. The summed E-state index contributed by atoms with van der Waals surface area (Å²) in [6.45, 7) is 2.77. The van der Waals surface area contributed by atoms with Crippen LogP contribution in [0.15, 0.2) is 18.5 Å². The number of nitrogens with zero attached hydrogens (tertiary/aromatic N) is 4. The third kappa shape index (κ3) is 2.74. The standard InChI is InChI=1S/C11H14N4/c12-8-10-2-6-15(7-3-10)9-11-13-4-1-5-14-11/h1,4-5,10H,2-3,6-7,9H2. The van der Waals surface area contributed by atoms with Crippen LogP contribution in [0.1, 0.15) is 18.7 Å². The minimum Gasteiger partial charge on any atom is -0.296 e. The van der Waals surface area contributed by atoms with E-state index in [4.69, 9.17) is 5.26 Å². The molecule has 0 unspecified atom stereocenters. The number of piperidine rings is 1. The fraction of sp³-hybridized carbons (Fsp3) is 0.545. The van der Waals surface area contributed by atoms with Gasteiger partial charge in [-0.05, 0) is 32.0 Å². The number of rotatable bonds is 2. The topological polar surface area (TPSA) is 52.8 Å². The Hall–Kier alpha value is -1.47. The Morgan fingerprint density at radius 3 is 2.60 bits per heavy atom. The molecule has 0 spiro atoms. The molecule has 0 N–H and O–H groups in total. The average Bonchev–Trinajstić information content (AvgIpc) is 2.31. The second kappa shape index (κ2) is 4.85. The lowest BCUT2D eigenvalue weighted by molar-refractivity contribution is 0.194. The van der Waals surface area contributed by atoms with Crippen molar-refractivity contribution in [3.8, 4) is 6.07 Å². The molecule has 1 fully saturated rings. The largest absolute Gasteiger partial charge is 0.296 e. The molecule has 78 valence electrons. The van der Waals surface area contributed by atoms with Gasteiger partial charge in [0, 0.05) is 18.3 Å². The molecule has 15 heavy (non-hydrogen) atoms. The third-order valence-electron chi connectivity index (χ3n) is 2.75. The van der Waals surface area contributed by atoms with Gasteiger partial charge < -0.3 is 0 Å². The molecule has 1 aromatic rings. The molecule has 1 aliphatic heterocycles. The fourth-order valence-electron chi connectivity index (χ4n) is 1.83. The van der Waals surface area contributed by atoms with Crippen molar-refractivity contribution in [2.45, 2.75) is 19.4 Å². The van der Waals surface area contributed by atoms with E-state index >= 15 is 0 Å². The quantitative estimate of drug-likeness (QED) is 0.723. The summed E-state index contributed by atoms with van der Waals surface area (Å²) < 4.78 is 0. The molecule has 0 radical (unpaired) electrons. The van der Waals surface area contributed by atoms with Gasteiger partial charge >= 0.3 is 0 Å². The predicted octanol–water partition coefficient (Wildman–Crippen LogP) is 1.21. The van der Waals surface area contributed by atoms with E-state index in [0.717, 1.165) is 38.3 Å². The van der Waals surface area contributed by atoms with Gasteiger partial charge in [0.2, 0.25) is 0 Å². The molecule has 0 amide bonds. The summed E-state index contributed by atoms with van der Waals surface area (Å²) in [4.78, 5) is 10.7. The highest BCUT2D eigenvalue weighted by atomic mass is 15.1. The number of nitriles is 1. The summed E-state index contributed by atoms with van der Waals surface area (Å²) in [6, 6.07) is 4.16.